The van der Waals surface area contributed by atoms with Crippen LogP contribution in [0.1, 0.15) is 26.7 Å². The summed E-state index contributed by atoms with van der Waals surface area (Å²) in [6, 6.07) is 20.6. The van der Waals surface area contributed by atoms with E-state index >= 15 is 0 Å². The van der Waals surface area contributed by atoms with Crippen molar-refractivity contribution in [3.63, 3.8) is 0 Å². The maximum atomic E-state index is 10.5. The van der Waals surface area contributed by atoms with E-state index in [0.717, 1.165) is 53.5 Å². The third-order valence-electron chi connectivity index (χ3n) is 4.93. The molecular weight excluding hydrogens is 429 g/mol. The Labute approximate surface area is 217 Å². The Morgan fingerprint density at radius 1 is 0.969 bits per heavy atom. The molecule has 32 heavy (non-hydrogen) atoms. The quantitative estimate of drug-likeness (QED) is 0.319. The Bertz CT molecular complexity index is 971. The topological polar surface area (TPSA) is 69.2 Å². The molecule has 2 aromatic carbocycles. The molecule has 0 amide bonds. The fraction of sp³-hybridized carbons (Fsp3) is 0.320. The van der Waals surface area contributed by atoms with Crippen molar-refractivity contribution < 1.29 is 39.5 Å². The van der Waals surface area contributed by atoms with Gasteiger partial charge in [-0.1, -0.05) is 60.7 Å². The number of benzene rings is 2. The Hall–Kier alpha value is -1.86. The smallest absolute Gasteiger partial charge is 0.549 e. The number of hydrogen-bond acceptors (Lipinski definition) is 6. The number of aliphatic carboxylic acids is 1. The van der Waals surface area contributed by atoms with Gasteiger partial charge in [0.1, 0.15) is 5.82 Å². The van der Waals surface area contributed by atoms with Gasteiger partial charge in [-0.25, -0.2) is 4.98 Å². The largest absolute Gasteiger partial charge is 1.00 e. The molecule has 0 bridgehead atoms. The fourth-order valence-electron chi connectivity index (χ4n) is 3.40. The molecule has 0 aliphatic rings. The van der Waals surface area contributed by atoms with E-state index in [-0.39, 0.29) is 41.4 Å². The number of carboxylic acid groups (broad SMARTS) is 1. The molecule has 0 fully saturated rings. The van der Waals surface area contributed by atoms with E-state index in [1.54, 1.807) is 0 Å². The summed E-state index contributed by atoms with van der Waals surface area (Å²) in [5, 5.41) is 10.5. The van der Waals surface area contributed by atoms with Crippen LogP contribution >= 0.6 is 11.8 Å². The van der Waals surface area contributed by atoms with Crippen molar-refractivity contribution in [1.29, 1.82) is 0 Å². The average Bonchev–Trinajstić information content (AvgIpc) is 2.79. The van der Waals surface area contributed by atoms with E-state index in [9.17, 15) is 9.90 Å². The van der Waals surface area contributed by atoms with E-state index in [2.05, 4.69) is 43.0 Å². The van der Waals surface area contributed by atoms with Gasteiger partial charge in [0.05, 0.1) is 23.6 Å². The van der Waals surface area contributed by atoms with E-state index < -0.39 is 5.97 Å². The maximum absolute atomic E-state index is 10.5. The first-order valence-corrected chi connectivity index (χ1v) is 11.7. The maximum Gasteiger partial charge on any atom is 1.00 e. The standard InChI is InChI=1S/C25H29N3O2S.Na/c1-19(2)28(15-9-10-16-31-18-23(29)30)22-17-26-24(20-11-5-3-6-12-20)25(27-22)21-13-7-4-8-14-21;/h3-8,11-14,17,19H,9-10,15-16,18H2,1-2H3,(H,29,30);/q;+1/p-1. The van der Waals surface area contributed by atoms with Gasteiger partial charge < -0.3 is 14.8 Å². The molecule has 0 saturated heterocycles. The molecule has 5 nitrogen and oxygen atoms in total. The van der Waals surface area contributed by atoms with Crippen molar-refractivity contribution in [3.8, 4) is 22.5 Å². The van der Waals surface area contributed by atoms with Crippen molar-refractivity contribution in [2.24, 2.45) is 0 Å². The number of anilines is 1. The van der Waals surface area contributed by atoms with Gasteiger partial charge in [0, 0.05) is 29.5 Å². The normalized spacial score (nSPS) is 10.6. The van der Waals surface area contributed by atoms with Crippen molar-refractivity contribution >= 4 is 23.5 Å². The van der Waals surface area contributed by atoms with Gasteiger partial charge in [0.15, 0.2) is 0 Å². The van der Waals surface area contributed by atoms with E-state index in [4.69, 9.17) is 9.97 Å². The van der Waals surface area contributed by atoms with Crippen LogP contribution in [0.25, 0.3) is 22.5 Å². The van der Waals surface area contributed by atoms with Crippen molar-refractivity contribution in [3.05, 3.63) is 66.9 Å². The van der Waals surface area contributed by atoms with Crippen LogP contribution in [-0.4, -0.2) is 40.0 Å². The summed E-state index contributed by atoms with van der Waals surface area (Å²) in [5.41, 5.74) is 3.83. The van der Waals surface area contributed by atoms with Crippen LogP contribution in [0.2, 0.25) is 0 Å². The molecule has 0 aliphatic heterocycles. The second kappa shape index (κ2) is 13.6. The van der Waals surface area contributed by atoms with Crippen LogP contribution in [0, 0.1) is 0 Å². The average molecular weight is 458 g/mol. The van der Waals surface area contributed by atoms with Crippen molar-refractivity contribution in [2.75, 3.05) is 23.0 Å². The van der Waals surface area contributed by atoms with E-state index in [1.165, 1.54) is 11.8 Å². The summed E-state index contributed by atoms with van der Waals surface area (Å²) in [6.45, 7) is 5.15. The number of carboxylic acids is 1. The van der Waals surface area contributed by atoms with Crippen molar-refractivity contribution in [2.45, 2.75) is 32.7 Å². The number of nitrogens with zero attached hydrogens (tertiary/aromatic N) is 3. The summed E-state index contributed by atoms with van der Waals surface area (Å²) in [6.07, 6.45) is 3.77. The van der Waals surface area contributed by atoms with Gasteiger partial charge in [0.25, 0.3) is 0 Å². The fourth-order valence-corrected chi connectivity index (χ4v) is 4.12. The Kier molecular flexibility index (Phi) is 11.2. The molecule has 0 spiro atoms. The summed E-state index contributed by atoms with van der Waals surface area (Å²) in [7, 11) is 0. The Morgan fingerprint density at radius 2 is 1.56 bits per heavy atom. The van der Waals surface area contributed by atoms with E-state index in [1.807, 2.05) is 42.6 Å². The minimum atomic E-state index is -1.00. The number of unbranched alkanes of at least 4 members (excludes halogenated alkanes) is 1. The number of rotatable bonds is 11. The van der Waals surface area contributed by atoms with Gasteiger partial charge in [-0.15, -0.1) is 0 Å². The van der Waals surface area contributed by atoms with Crippen molar-refractivity contribution in [1.82, 2.24) is 9.97 Å². The number of carbonyl (C=O) groups excluding carboxylic acids is 1. The summed E-state index contributed by atoms with van der Waals surface area (Å²) in [5.74, 6) is 0.723. The van der Waals surface area contributed by atoms with Gasteiger partial charge >= 0.3 is 29.6 Å². The van der Waals surface area contributed by atoms with Gasteiger partial charge in [0.2, 0.25) is 0 Å². The SMILES string of the molecule is CC(C)N(CCCCSCC(=O)[O-])c1cnc(-c2ccccc2)c(-c2ccccc2)n1.[Na+]. The second-order valence-electron chi connectivity index (χ2n) is 7.58. The van der Waals surface area contributed by atoms with Crippen LogP contribution in [0.3, 0.4) is 0 Å². The molecule has 3 rings (SSSR count). The first kappa shape index (κ1) is 26.4. The molecule has 1 heterocycles. The minimum Gasteiger partial charge on any atom is -0.549 e. The number of thioether (sulfide) groups is 1. The summed E-state index contributed by atoms with van der Waals surface area (Å²) < 4.78 is 0. The third-order valence-corrected chi connectivity index (χ3v) is 5.95. The Balaban J connectivity index is 0.00000363. The predicted octanol–water partition coefficient (Wildman–Crippen LogP) is 1.29. The predicted molar refractivity (Wildman–Crippen MR) is 127 cm³/mol. The van der Waals surface area contributed by atoms with Crippen LogP contribution in [0.5, 0.6) is 0 Å². The minimum absolute atomic E-state index is 0. The molecule has 0 aliphatic carbocycles. The molecule has 0 unspecified atom stereocenters. The van der Waals surface area contributed by atoms with Gasteiger partial charge in [-0.3, -0.25) is 4.98 Å². The third kappa shape index (κ3) is 7.62. The zero-order valence-corrected chi connectivity index (χ0v) is 21.8. The first-order valence-electron chi connectivity index (χ1n) is 10.6. The van der Waals surface area contributed by atoms with Gasteiger partial charge in [-0.05, 0) is 32.4 Å². The molecule has 0 saturated carbocycles. The Morgan fingerprint density at radius 3 is 2.12 bits per heavy atom. The summed E-state index contributed by atoms with van der Waals surface area (Å²) >= 11 is 1.41. The molecule has 7 heteroatoms. The number of aromatic nitrogens is 2. The van der Waals surface area contributed by atoms with Crippen LogP contribution < -0.4 is 39.6 Å². The zero-order valence-electron chi connectivity index (χ0n) is 19.0. The molecule has 3 aromatic rings. The monoisotopic (exact) mass is 457 g/mol. The molecule has 0 radical (unpaired) electrons. The first-order chi connectivity index (χ1) is 15.1. The van der Waals surface area contributed by atoms with Gasteiger partial charge in [-0.2, -0.15) is 11.8 Å². The molecule has 0 N–H and O–H groups in total. The molecule has 162 valence electrons. The number of hydrogen-bond donors (Lipinski definition) is 0. The zero-order chi connectivity index (χ0) is 22.1. The summed E-state index contributed by atoms with van der Waals surface area (Å²) in [4.78, 5) is 22.7. The molecular formula is C25H28N3NaO2S. The van der Waals surface area contributed by atoms with Crippen LogP contribution in [0.4, 0.5) is 5.82 Å². The van der Waals surface area contributed by atoms with Crippen LogP contribution in [-0.2, 0) is 4.79 Å². The molecule has 1 aromatic heterocycles. The van der Waals surface area contributed by atoms with Crippen LogP contribution in [0.15, 0.2) is 66.9 Å². The van der Waals surface area contributed by atoms with E-state index in [0.29, 0.717) is 0 Å². The number of carbonyl (C=O) groups is 1. The second-order valence-corrected chi connectivity index (χ2v) is 8.68. The molecule has 0 atom stereocenters.